The number of carbonyl (C=O) groups excluding carboxylic acids is 1. The molecule has 1 atom stereocenters. The van der Waals surface area contributed by atoms with Crippen molar-refractivity contribution in [3.8, 4) is 0 Å². The second-order valence-corrected chi connectivity index (χ2v) is 8.58. The van der Waals surface area contributed by atoms with E-state index in [4.69, 9.17) is 0 Å². The number of halogens is 1. The van der Waals surface area contributed by atoms with Crippen LogP contribution in [-0.2, 0) is 0 Å². The maximum atomic E-state index is 14.0. The number of anilines is 3. The van der Waals surface area contributed by atoms with Crippen LogP contribution in [-0.4, -0.2) is 50.3 Å². The number of fused-ring (bicyclic) bond motifs is 1. The molecule has 0 aromatic carbocycles. The molecule has 4 N–H and O–H groups in total. The van der Waals surface area contributed by atoms with Gasteiger partial charge >= 0.3 is 0 Å². The molecule has 30 heavy (non-hydrogen) atoms. The van der Waals surface area contributed by atoms with Gasteiger partial charge in [-0.2, -0.15) is 0 Å². The maximum Gasteiger partial charge on any atom is 0.255 e. The Morgan fingerprint density at radius 3 is 2.73 bits per heavy atom. The highest BCUT2D eigenvalue weighted by Gasteiger charge is 2.27. The van der Waals surface area contributed by atoms with Crippen LogP contribution in [0.4, 0.5) is 21.7 Å². The van der Waals surface area contributed by atoms with E-state index in [9.17, 15) is 14.3 Å². The minimum absolute atomic E-state index is 0.0590. The number of carbonyl (C=O) groups is 1. The van der Waals surface area contributed by atoms with E-state index in [0.717, 1.165) is 10.3 Å². The van der Waals surface area contributed by atoms with Gasteiger partial charge < -0.3 is 21.1 Å². The summed E-state index contributed by atoms with van der Waals surface area (Å²) >= 11 is 1.44. The first-order valence-electron chi connectivity index (χ1n) is 9.52. The molecule has 10 heteroatoms. The highest BCUT2D eigenvalue weighted by Crippen LogP contribution is 2.24. The molecule has 1 unspecified atom stereocenters. The fourth-order valence-corrected chi connectivity index (χ4v) is 3.27. The van der Waals surface area contributed by atoms with Gasteiger partial charge in [0, 0.05) is 18.3 Å². The summed E-state index contributed by atoms with van der Waals surface area (Å²) in [6.07, 6.45) is -0.171. The van der Waals surface area contributed by atoms with Gasteiger partial charge in [-0.1, -0.05) is 0 Å². The van der Waals surface area contributed by atoms with Gasteiger partial charge in [0.2, 0.25) is 0 Å². The minimum Gasteiger partial charge on any atom is -0.387 e. The third-order valence-electron chi connectivity index (χ3n) is 4.25. The van der Waals surface area contributed by atoms with E-state index in [1.807, 2.05) is 19.9 Å². The lowest BCUT2D eigenvalue weighted by Crippen LogP contribution is -2.42. The smallest absolute Gasteiger partial charge is 0.255 e. The molecule has 0 aliphatic rings. The fraction of sp³-hybridized carbons (Fsp3) is 0.400. The molecule has 3 aromatic rings. The molecular weight excluding hydrogens is 407 g/mol. The Kier molecular flexibility index (Phi) is 6.47. The Hall–Kier alpha value is -2.85. The molecule has 1 amide bonds. The van der Waals surface area contributed by atoms with Crippen molar-refractivity contribution in [3.05, 3.63) is 35.5 Å². The first-order chi connectivity index (χ1) is 14.1. The SMILES string of the molecule is CC(C)Nc1cc(Nc2ccc3ncsc3n2)ncc1C(=O)NCC(F)C(C)(C)O. The summed E-state index contributed by atoms with van der Waals surface area (Å²) in [6, 6.07) is 5.43. The van der Waals surface area contributed by atoms with Crippen LogP contribution in [0.3, 0.4) is 0 Å². The summed E-state index contributed by atoms with van der Waals surface area (Å²) in [6.45, 7) is 6.30. The average Bonchev–Trinajstić information content (AvgIpc) is 3.12. The number of pyridine rings is 2. The second-order valence-electron chi connectivity index (χ2n) is 7.74. The molecule has 0 spiro atoms. The number of nitrogens with one attached hydrogen (secondary N) is 3. The quantitative estimate of drug-likeness (QED) is 0.431. The highest BCUT2D eigenvalue weighted by molar-refractivity contribution is 7.16. The number of amides is 1. The Morgan fingerprint density at radius 2 is 2.03 bits per heavy atom. The van der Waals surface area contributed by atoms with Crippen molar-refractivity contribution < 1.29 is 14.3 Å². The number of aromatic nitrogens is 3. The van der Waals surface area contributed by atoms with Crippen LogP contribution in [0.1, 0.15) is 38.1 Å². The Balaban J connectivity index is 1.79. The molecule has 0 radical (unpaired) electrons. The standard InChI is InChI=1S/C20H25FN6O2S/c1-11(2)25-14-7-17(26-16-6-5-13-19(27-16)30-10-24-13)22-8-12(14)18(28)23-9-15(21)20(3,4)29/h5-8,10-11,15,29H,9H2,1-4H3,(H,23,28)(H2,22,25,26,27). The molecule has 3 heterocycles. The number of alkyl halides is 1. The van der Waals surface area contributed by atoms with Gasteiger partial charge in [-0.3, -0.25) is 4.79 Å². The van der Waals surface area contributed by atoms with E-state index in [1.54, 1.807) is 17.6 Å². The topological polar surface area (TPSA) is 112 Å². The predicted octanol–water partition coefficient (Wildman–Crippen LogP) is 3.49. The summed E-state index contributed by atoms with van der Waals surface area (Å²) < 4.78 is 14.0. The first-order valence-corrected chi connectivity index (χ1v) is 10.4. The Bertz CT molecular complexity index is 1030. The Morgan fingerprint density at radius 1 is 1.27 bits per heavy atom. The molecule has 3 aromatic heterocycles. The number of aliphatic hydroxyl groups is 1. The normalized spacial score (nSPS) is 12.8. The third kappa shape index (κ3) is 5.39. The number of thiazole rings is 1. The van der Waals surface area contributed by atoms with Crippen molar-refractivity contribution in [3.63, 3.8) is 0 Å². The van der Waals surface area contributed by atoms with Crippen LogP contribution < -0.4 is 16.0 Å². The van der Waals surface area contributed by atoms with Crippen LogP contribution in [0.25, 0.3) is 10.3 Å². The summed E-state index contributed by atoms with van der Waals surface area (Å²) in [7, 11) is 0. The van der Waals surface area contributed by atoms with E-state index >= 15 is 0 Å². The van der Waals surface area contributed by atoms with Crippen molar-refractivity contribution >= 4 is 44.9 Å². The lowest BCUT2D eigenvalue weighted by Gasteiger charge is -2.23. The monoisotopic (exact) mass is 432 g/mol. The molecule has 3 rings (SSSR count). The third-order valence-corrected chi connectivity index (χ3v) is 4.99. The van der Waals surface area contributed by atoms with E-state index < -0.39 is 17.7 Å². The van der Waals surface area contributed by atoms with Gasteiger partial charge in [0.15, 0.2) is 0 Å². The second kappa shape index (κ2) is 8.88. The van der Waals surface area contributed by atoms with E-state index in [0.29, 0.717) is 17.3 Å². The molecule has 0 bridgehead atoms. The van der Waals surface area contributed by atoms with Crippen LogP contribution in [0.2, 0.25) is 0 Å². The fourth-order valence-electron chi connectivity index (χ4n) is 2.61. The molecule has 160 valence electrons. The molecular formula is C20H25FN6O2S. The molecule has 0 aliphatic heterocycles. The summed E-state index contributed by atoms with van der Waals surface area (Å²) in [5.41, 5.74) is 1.85. The maximum absolute atomic E-state index is 14.0. The van der Waals surface area contributed by atoms with Gasteiger partial charge in [0.25, 0.3) is 5.91 Å². The van der Waals surface area contributed by atoms with Gasteiger partial charge in [0.05, 0.1) is 28.9 Å². The highest BCUT2D eigenvalue weighted by atomic mass is 32.1. The van der Waals surface area contributed by atoms with Crippen LogP contribution >= 0.6 is 11.3 Å². The zero-order chi connectivity index (χ0) is 21.9. The summed E-state index contributed by atoms with van der Waals surface area (Å²) in [5.74, 6) is 0.636. The molecule has 0 fully saturated rings. The van der Waals surface area contributed by atoms with Gasteiger partial charge in [0.1, 0.15) is 28.2 Å². The Labute approximate surface area is 178 Å². The largest absolute Gasteiger partial charge is 0.387 e. The van der Waals surface area contributed by atoms with Crippen molar-refractivity contribution in [2.75, 3.05) is 17.2 Å². The molecule has 0 saturated carbocycles. The van der Waals surface area contributed by atoms with Crippen molar-refractivity contribution in [1.29, 1.82) is 0 Å². The number of nitrogens with zero attached hydrogens (tertiary/aromatic N) is 3. The average molecular weight is 433 g/mol. The molecule has 0 aliphatic carbocycles. The van der Waals surface area contributed by atoms with Gasteiger partial charge in [-0.05, 0) is 39.8 Å². The van der Waals surface area contributed by atoms with E-state index in [2.05, 4.69) is 30.9 Å². The summed E-state index contributed by atoms with van der Waals surface area (Å²) in [5, 5.41) is 18.6. The predicted molar refractivity (Wildman–Crippen MR) is 117 cm³/mol. The van der Waals surface area contributed by atoms with Gasteiger partial charge in [-0.25, -0.2) is 19.3 Å². The zero-order valence-electron chi connectivity index (χ0n) is 17.2. The van der Waals surface area contributed by atoms with Crippen LogP contribution in [0.15, 0.2) is 29.9 Å². The van der Waals surface area contributed by atoms with Crippen LogP contribution in [0, 0.1) is 0 Å². The minimum atomic E-state index is -1.59. The van der Waals surface area contributed by atoms with E-state index in [1.165, 1.54) is 31.4 Å². The lowest BCUT2D eigenvalue weighted by molar-refractivity contribution is -0.00177. The van der Waals surface area contributed by atoms with E-state index in [-0.39, 0.29) is 18.2 Å². The van der Waals surface area contributed by atoms with Crippen LogP contribution in [0.5, 0.6) is 0 Å². The number of hydrogen-bond donors (Lipinski definition) is 4. The number of hydrogen-bond acceptors (Lipinski definition) is 8. The molecule has 0 saturated heterocycles. The lowest BCUT2D eigenvalue weighted by atomic mass is 10.0. The van der Waals surface area contributed by atoms with Gasteiger partial charge in [-0.15, -0.1) is 11.3 Å². The van der Waals surface area contributed by atoms with Crippen molar-refractivity contribution in [1.82, 2.24) is 20.3 Å². The van der Waals surface area contributed by atoms with Crippen molar-refractivity contribution in [2.45, 2.75) is 45.5 Å². The zero-order valence-corrected chi connectivity index (χ0v) is 18.0. The van der Waals surface area contributed by atoms with Crippen molar-refractivity contribution in [2.24, 2.45) is 0 Å². The summed E-state index contributed by atoms with van der Waals surface area (Å²) in [4.78, 5) is 26.4. The number of rotatable bonds is 8. The first kappa shape index (κ1) is 21.8. The molecule has 8 nitrogen and oxygen atoms in total.